The third-order valence-electron chi connectivity index (χ3n) is 5.09. The van der Waals surface area contributed by atoms with Crippen molar-refractivity contribution in [2.75, 3.05) is 29.9 Å². The summed E-state index contributed by atoms with van der Waals surface area (Å²) in [5.74, 6) is -0.583. The van der Waals surface area contributed by atoms with Crippen LogP contribution in [0, 0.1) is 0 Å². The van der Waals surface area contributed by atoms with E-state index in [0.717, 1.165) is 4.31 Å². The molecule has 1 aliphatic rings. The smallest absolute Gasteiger partial charge is 0.268 e. The van der Waals surface area contributed by atoms with E-state index in [9.17, 15) is 18.3 Å². The van der Waals surface area contributed by atoms with Crippen molar-refractivity contribution in [3.63, 3.8) is 0 Å². The number of halogens is 3. The maximum absolute atomic E-state index is 13.7. The summed E-state index contributed by atoms with van der Waals surface area (Å²) < 4.78 is 39.2. The number of hydrogen-bond donors (Lipinski definition) is 2. The maximum Gasteiger partial charge on any atom is 0.268 e. The second-order valence-electron chi connectivity index (χ2n) is 7.35. The fraction of sp³-hybridized carbons (Fsp3) is 0.182. The lowest BCUT2D eigenvalue weighted by atomic mass is 10.2. The molecule has 2 heterocycles. The average molecular weight is 559 g/mol. The lowest BCUT2D eigenvalue weighted by Gasteiger charge is -2.34. The number of nitrogens with one attached hydrogen (secondary N) is 1. The molecule has 1 unspecified atom stereocenters. The third-order valence-corrected chi connectivity index (χ3v) is 7.76. The van der Waals surface area contributed by atoms with Gasteiger partial charge in [-0.1, -0.05) is 40.9 Å². The molecule has 0 spiro atoms. The number of benzene rings is 2. The van der Waals surface area contributed by atoms with E-state index >= 15 is 0 Å². The minimum Gasteiger partial charge on any atom is -0.495 e. The first-order valence-corrected chi connectivity index (χ1v) is 12.6. The summed E-state index contributed by atoms with van der Waals surface area (Å²) in [6.07, 6.45) is 0.406. The Morgan fingerprint density at radius 3 is 2.60 bits per heavy atom. The third kappa shape index (κ3) is 4.98. The van der Waals surface area contributed by atoms with E-state index in [4.69, 9.17) is 44.3 Å². The average Bonchev–Trinajstić information content (AvgIpc) is 2.83. The van der Waals surface area contributed by atoms with Crippen molar-refractivity contribution >= 4 is 62.1 Å². The van der Waals surface area contributed by atoms with Crippen molar-refractivity contribution in [2.24, 2.45) is 0 Å². The standard InChI is InChI=1S/C22H18Cl3N3O6S/c1-33-18-6-5-12(23)7-19(18)35(31,32)28-10-14(11-29)34-22-17(28)8-13(9-26-22)27-21(30)20-15(24)3-2-4-16(20)25/h2-9,14,29H,10-11H2,1H3,(H,27,30). The van der Waals surface area contributed by atoms with Crippen LogP contribution in [0.4, 0.5) is 11.4 Å². The number of anilines is 2. The Hall–Kier alpha value is -2.76. The summed E-state index contributed by atoms with van der Waals surface area (Å²) >= 11 is 18.3. The molecule has 13 heteroatoms. The van der Waals surface area contributed by atoms with Crippen molar-refractivity contribution in [2.45, 2.75) is 11.0 Å². The molecule has 184 valence electrons. The van der Waals surface area contributed by atoms with Crippen LogP contribution in [0.1, 0.15) is 10.4 Å². The van der Waals surface area contributed by atoms with Crippen molar-refractivity contribution in [1.29, 1.82) is 0 Å². The van der Waals surface area contributed by atoms with Crippen LogP contribution >= 0.6 is 34.8 Å². The number of fused-ring (bicyclic) bond motifs is 1. The number of rotatable bonds is 6. The van der Waals surface area contributed by atoms with Crippen LogP contribution in [0.5, 0.6) is 11.6 Å². The van der Waals surface area contributed by atoms with Gasteiger partial charge in [-0.2, -0.15) is 0 Å². The normalized spacial score (nSPS) is 15.2. The molecular formula is C22H18Cl3N3O6S. The molecule has 1 aliphatic heterocycles. The first-order chi connectivity index (χ1) is 16.6. The van der Waals surface area contributed by atoms with E-state index in [-0.39, 0.29) is 55.1 Å². The monoisotopic (exact) mass is 557 g/mol. The lowest BCUT2D eigenvalue weighted by molar-refractivity contribution is 0.102. The van der Waals surface area contributed by atoms with Crippen molar-refractivity contribution < 1.29 is 27.8 Å². The fourth-order valence-corrected chi connectivity index (χ4v) is 5.94. The van der Waals surface area contributed by atoms with Crippen LogP contribution in [0.3, 0.4) is 0 Å². The van der Waals surface area contributed by atoms with Gasteiger partial charge in [0.05, 0.1) is 47.8 Å². The first kappa shape index (κ1) is 25.3. The van der Waals surface area contributed by atoms with E-state index in [1.165, 1.54) is 49.7 Å². The molecule has 2 aromatic carbocycles. The van der Waals surface area contributed by atoms with Crippen LogP contribution in [0.25, 0.3) is 0 Å². The summed E-state index contributed by atoms with van der Waals surface area (Å²) in [5.41, 5.74) is 0.257. The highest BCUT2D eigenvalue weighted by Crippen LogP contribution is 2.39. The zero-order valence-corrected chi connectivity index (χ0v) is 21.1. The number of hydrogen-bond acceptors (Lipinski definition) is 7. The number of ether oxygens (including phenoxy) is 2. The first-order valence-electron chi connectivity index (χ1n) is 10.0. The van der Waals surface area contributed by atoms with Crippen LogP contribution in [-0.2, 0) is 10.0 Å². The Labute approximate surface area is 216 Å². The number of carbonyl (C=O) groups is 1. The zero-order chi connectivity index (χ0) is 25.3. The molecule has 3 aromatic rings. The van der Waals surface area contributed by atoms with Gasteiger partial charge in [0.1, 0.15) is 22.4 Å². The molecule has 4 rings (SSSR count). The summed E-state index contributed by atoms with van der Waals surface area (Å²) in [6.45, 7) is -0.680. The molecular weight excluding hydrogens is 541 g/mol. The van der Waals surface area contributed by atoms with Crippen LogP contribution in [0.2, 0.25) is 15.1 Å². The molecule has 0 fully saturated rings. The molecule has 0 bridgehead atoms. The topological polar surface area (TPSA) is 118 Å². The van der Waals surface area contributed by atoms with Crippen molar-refractivity contribution in [3.8, 4) is 11.6 Å². The van der Waals surface area contributed by atoms with Crippen molar-refractivity contribution in [1.82, 2.24) is 4.98 Å². The van der Waals surface area contributed by atoms with E-state index < -0.39 is 28.6 Å². The summed E-state index contributed by atoms with van der Waals surface area (Å²) in [6, 6.07) is 10.2. The Balaban J connectivity index is 1.76. The van der Waals surface area contributed by atoms with Gasteiger partial charge in [-0.15, -0.1) is 0 Å². The number of aliphatic hydroxyl groups excluding tert-OH is 1. The minimum atomic E-state index is -4.26. The van der Waals surface area contributed by atoms with Gasteiger partial charge >= 0.3 is 0 Å². The highest BCUT2D eigenvalue weighted by Gasteiger charge is 2.37. The number of methoxy groups -OCH3 is 1. The molecule has 0 aliphatic carbocycles. The lowest BCUT2D eigenvalue weighted by Crippen LogP contribution is -2.45. The number of carbonyl (C=O) groups excluding carboxylic acids is 1. The molecule has 2 N–H and O–H groups in total. The van der Waals surface area contributed by atoms with Gasteiger partial charge in [-0.05, 0) is 36.4 Å². The van der Waals surface area contributed by atoms with Crippen LogP contribution in [-0.4, -0.2) is 50.8 Å². The Kier molecular flexibility index (Phi) is 7.30. The van der Waals surface area contributed by atoms with Crippen LogP contribution < -0.4 is 19.1 Å². The largest absolute Gasteiger partial charge is 0.495 e. The highest BCUT2D eigenvalue weighted by molar-refractivity contribution is 7.93. The highest BCUT2D eigenvalue weighted by atomic mass is 35.5. The van der Waals surface area contributed by atoms with E-state index in [0.29, 0.717) is 0 Å². The number of nitrogens with zero attached hydrogens (tertiary/aromatic N) is 2. The Bertz CT molecular complexity index is 1380. The second kappa shape index (κ2) is 10.1. The van der Waals surface area contributed by atoms with E-state index in [1.54, 1.807) is 6.07 Å². The number of sulfonamides is 1. The molecule has 9 nitrogen and oxygen atoms in total. The van der Waals surface area contributed by atoms with Gasteiger partial charge in [0.15, 0.2) is 0 Å². The quantitative estimate of drug-likeness (QED) is 0.464. The SMILES string of the molecule is COc1ccc(Cl)cc1S(=O)(=O)N1CC(CO)Oc2ncc(NC(=O)c3c(Cl)cccc3Cl)cc21. The summed E-state index contributed by atoms with van der Waals surface area (Å²) in [5, 5.41) is 12.8. The molecule has 1 atom stereocenters. The predicted octanol–water partition coefficient (Wildman–Crippen LogP) is 4.25. The van der Waals surface area contributed by atoms with Crippen LogP contribution in [0.15, 0.2) is 53.6 Å². The molecule has 0 saturated carbocycles. The van der Waals surface area contributed by atoms with Crippen molar-refractivity contribution in [3.05, 3.63) is 69.3 Å². The van der Waals surface area contributed by atoms with Gasteiger partial charge < -0.3 is 19.9 Å². The molecule has 1 aromatic heterocycles. The van der Waals surface area contributed by atoms with E-state index in [1.807, 2.05) is 0 Å². The van der Waals surface area contributed by atoms with Gasteiger partial charge in [0, 0.05) is 5.02 Å². The predicted molar refractivity (Wildman–Crippen MR) is 133 cm³/mol. The number of amides is 1. The van der Waals surface area contributed by atoms with Gasteiger partial charge in [-0.3, -0.25) is 9.10 Å². The number of aromatic nitrogens is 1. The van der Waals surface area contributed by atoms with Gasteiger partial charge in [0.25, 0.3) is 15.9 Å². The second-order valence-corrected chi connectivity index (χ2v) is 10.4. The molecule has 1 amide bonds. The minimum absolute atomic E-state index is 0.0415. The Morgan fingerprint density at radius 1 is 1.23 bits per heavy atom. The fourth-order valence-electron chi connectivity index (χ4n) is 3.46. The molecule has 0 saturated heterocycles. The van der Waals surface area contributed by atoms with Gasteiger partial charge in [0.2, 0.25) is 5.88 Å². The van der Waals surface area contributed by atoms with Gasteiger partial charge in [-0.25, -0.2) is 13.4 Å². The summed E-state index contributed by atoms with van der Waals surface area (Å²) in [7, 11) is -2.92. The Morgan fingerprint density at radius 2 is 1.94 bits per heavy atom. The number of pyridine rings is 1. The maximum atomic E-state index is 13.7. The zero-order valence-electron chi connectivity index (χ0n) is 18.0. The van der Waals surface area contributed by atoms with E-state index in [2.05, 4.69) is 10.3 Å². The molecule has 35 heavy (non-hydrogen) atoms. The summed E-state index contributed by atoms with van der Waals surface area (Å²) in [4.78, 5) is 16.8. The number of aliphatic hydroxyl groups is 1. The molecule has 0 radical (unpaired) electrons.